The fraction of sp³-hybridized carbons (Fsp3) is 0.435. The number of H-pyrrole nitrogens is 1. The lowest BCUT2D eigenvalue weighted by atomic mass is 9.79. The summed E-state index contributed by atoms with van der Waals surface area (Å²) in [6, 6.07) is 26.6. The first-order valence-corrected chi connectivity index (χ1v) is 22.2. The normalized spacial score (nSPS) is 18.3. The molecule has 1 saturated heterocycles. The number of fused-ring (bicyclic) bond motifs is 1. The number of esters is 1. The lowest BCUT2D eigenvalue weighted by Gasteiger charge is -2.47. The zero-order chi connectivity index (χ0) is 46.1. The van der Waals surface area contributed by atoms with Gasteiger partial charge >= 0.3 is 5.97 Å². The molecule has 5 atom stereocenters. The number of nitrogens with zero attached hydrogens (tertiary/aromatic N) is 5. The molecular formula is C46H56N7O10P. The van der Waals surface area contributed by atoms with Gasteiger partial charge in [0.25, 0.3) is 14.1 Å². The van der Waals surface area contributed by atoms with E-state index in [1.165, 1.54) is 17.8 Å². The number of carbonyl (C=O) groups excluding carboxylic acids is 2. The fourth-order valence-electron chi connectivity index (χ4n) is 7.63. The Balaban J connectivity index is 1.57. The Labute approximate surface area is 373 Å². The summed E-state index contributed by atoms with van der Waals surface area (Å²) >= 11 is 0. The van der Waals surface area contributed by atoms with Crippen molar-refractivity contribution in [2.75, 3.05) is 32.8 Å². The molecule has 1 fully saturated rings. The van der Waals surface area contributed by atoms with Crippen LogP contribution < -0.4 is 20.3 Å². The molecule has 1 aliphatic rings. The smallest absolute Gasteiger partial charge is 0.303 e. The predicted octanol–water partition coefficient (Wildman–Crippen LogP) is 7.23. The molecule has 0 bridgehead atoms. The van der Waals surface area contributed by atoms with Crippen LogP contribution in [0.3, 0.4) is 0 Å². The van der Waals surface area contributed by atoms with Crippen LogP contribution in [0.15, 0.2) is 90.0 Å². The van der Waals surface area contributed by atoms with Crippen LogP contribution in [0.2, 0.25) is 0 Å². The Morgan fingerprint density at radius 1 is 0.938 bits per heavy atom. The van der Waals surface area contributed by atoms with E-state index in [-0.39, 0.29) is 54.7 Å². The third kappa shape index (κ3) is 10.4. The maximum Gasteiger partial charge on any atom is 0.303 e. The van der Waals surface area contributed by atoms with Crippen molar-refractivity contribution in [2.24, 2.45) is 5.92 Å². The van der Waals surface area contributed by atoms with Crippen molar-refractivity contribution in [3.8, 4) is 17.6 Å². The second-order valence-corrected chi connectivity index (χ2v) is 17.4. The van der Waals surface area contributed by atoms with E-state index in [0.29, 0.717) is 11.5 Å². The number of aromatic nitrogens is 4. The van der Waals surface area contributed by atoms with E-state index in [0.717, 1.165) is 16.7 Å². The van der Waals surface area contributed by atoms with E-state index in [9.17, 15) is 19.6 Å². The van der Waals surface area contributed by atoms with Gasteiger partial charge in [-0.15, -0.1) is 0 Å². The molecule has 0 saturated carbocycles. The van der Waals surface area contributed by atoms with E-state index in [1.807, 2.05) is 111 Å². The Morgan fingerprint density at radius 2 is 1.53 bits per heavy atom. The summed E-state index contributed by atoms with van der Waals surface area (Å²) in [6.07, 6.45) is -3.20. The van der Waals surface area contributed by atoms with Crippen LogP contribution in [0, 0.1) is 17.2 Å². The van der Waals surface area contributed by atoms with Crippen LogP contribution in [0.5, 0.6) is 11.5 Å². The second-order valence-electron chi connectivity index (χ2n) is 16.0. The molecule has 3 heterocycles. The summed E-state index contributed by atoms with van der Waals surface area (Å²) in [5.41, 5.74) is 0.245. The van der Waals surface area contributed by atoms with Crippen LogP contribution in [0.4, 0.5) is 5.95 Å². The average Bonchev–Trinajstić information content (AvgIpc) is 3.70. The number of hydrogen-bond acceptors (Lipinski definition) is 14. The number of ether oxygens (including phenoxy) is 5. The summed E-state index contributed by atoms with van der Waals surface area (Å²) in [5.74, 6) is -0.231. The highest BCUT2D eigenvalue weighted by molar-refractivity contribution is 7.44. The Hall–Kier alpha value is -5.73. The van der Waals surface area contributed by atoms with Crippen LogP contribution in [0.25, 0.3) is 11.2 Å². The number of hydrogen-bond donors (Lipinski definition) is 2. The summed E-state index contributed by atoms with van der Waals surface area (Å²) in [7, 11) is 1.17. The number of carbonyl (C=O) groups is 2. The van der Waals surface area contributed by atoms with Gasteiger partial charge in [0.15, 0.2) is 29.6 Å². The molecule has 2 N–H and O–H groups in total. The van der Waals surface area contributed by atoms with Crippen molar-refractivity contribution in [2.45, 2.75) is 97.1 Å². The number of amides is 1. The number of methoxy groups -OCH3 is 2. The summed E-state index contributed by atoms with van der Waals surface area (Å²) < 4.78 is 48.9. The highest BCUT2D eigenvalue weighted by Crippen LogP contribution is 2.52. The van der Waals surface area contributed by atoms with E-state index in [2.05, 4.69) is 26.3 Å². The number of rotatable bonds is 19. The molecular weight excluding hydrogens is 842 g/mol. The molecule has 2 aromatic heterocycles. The first-order valence-electron chi connectivity index (χ1n) is 21.1. The van der Waals surface area contributed by atoms with Gasteiger partial charge in [-0.05, 0) is 68.7 Å². The van der Waals surface area contributed by atoms with Crippen LogP contribution >= 0.6 is 8.53 Å². The van der Waals surface area contributed by atoms with Gasteiger partial charge in [-0.3, -0.25) is 29.3 Å². The van der Waals surface area contributed by atoms with Crippen molar-refractivity contribution in [1.82, 2.24) is 24.2 Å². The van der Waals surface area contributed by atoms with Crippen molar-refractivity contribution < 1.29 is 42.3 Å². The molecule has 340 valence electrons. The van der Waals surface area contributed by atoms with Crippen molar-refractivity contribution in [3.05, 3.63) is 112 Å². The maximum absolute atomic E-state index is 13.4. The lowest BCUT2D eigenvalue weighted by Crippen LogP contribution is -2.57. The minimum absolute atomic E-state index is 0.0343. The number of nitrogens with one attached hydrogen (secondary N) is 2. The van der Waals surface area contributed by atoms with Gasteiger partial charge in [-0.1, -0.05) is 68.4 Å². The Kier molecular flexibility index (Phi) is 15.9. The Bertz CT molecular complexity index is 2380. The van der Waals surface area contributed by atoms with E-state index >= 15 is 0 Å². The monoisotopic (exact) mass is 897 g/mol. The van der Waals surface area contributed by atoms with Gasteiger partial charge in [-0.2, -0.15) is 10.2 Å². The predicted molar refractivity (Wildman–Crippen MR) is 239 cm³/mol. The van der Waals surface area contributed by atoms with Gasteiger partial charge in [0.1, 0.15) is 23.2 Å². The molecule has 0 spiro atoms. The molecule has 18 heteroatoms. The first kappa shape index (κ1) is 47.7. The quantitative estimate of drug-likeness (QED) is 0.0364. The zero-order valence-electron chi connectivity index (χ0n) is 37.5. The van der Waals surface area contributed by atoms with Gasteiger partial charge < -0.3 is 32.7 Å². The van der Waals surface area contributed by atoms with E-state index in [1.54, 1.807) is 28.1 Å². The Morgan fingerprint density at radius 3 is 2.06 bits per heavy atom. The third-order valence-electron chi connectivity index (χ3n) is 10.6. The molecule has 5 aromatic rings. The highest BCUT2D eigenvalue weighted by Gasteiger charge is 2.52. The number of aromatic amines is 1. The second kappa shape index (κ2) is 21.3. The van der Waals surface area contributed by atoms with E-state index < -0.39 is 56.1 Å². The van der Waals surface area contributed by atoms with Gasteiger partial charge in [0, 0.05) is 24.9 Å². The first-order chi connectivity index (χ1) is 30.7. The molecule has 17 nitrogen and oxygen atoms in total. The molecule has 1 aliphatic heterocycles. The molecule has 6 rings (SSSR count). The number of anilines is 1. The van der Waals surface area contributed by atoms with Gasteiger partial charge in [0.05, 0.1) is 46.3 Å². The van der Waals surface area contributed by atoms with Crippen LogP contribution in [-0.4, -0.2) is 93.9 Å². The minimum atomic E-state index is -2.01. The van der Waals surface area contributed by atoms with Crippen LogP contribution in [-0.2, 0) is 38.4 Å². The van der Waals surface area contributed by atoms with Crippen LogP contribution in [0.1, 0.15) is 77.8 Å². The topological polar surface area (TPSA) is 201 Å². The summed E-state index contributed by atoms with van der Waals surface area (Å²) in [5, 5.41) is 12.2. The number of benzene rings is 3. The lowest BCUT2D eigenvalue weighted by molar-refractivity contribution is -0.242. The molecule has 1 amide bonds. The van der Waals surface area contributed by atoms with Crippen molar-refractivity contribution in [1.29, 1.82) is 5.26 Å². The zero-order valence-corrected chi connectivity index (χ0v) is 38.4. The molecule has 64 heavy (non-hydrogen) atoms. The van der Waals surface area contributed by atoms with Crippen molar-refractivity contribution >= 4 is 37.5 Å². The number of nitriles is 1. The summed E-state index contributed by atoms with van der Waals surface area (Å²) in [6.45, 7) is 12.6. The average molecular weight is 898 g/mol. The SMILES string of the molecule is COc1ccc(C(O[C@H]2CO[C@@H](n3cnc4c(=O)[nH]c(NC(=O)C(C)C)nc43)[C@H](OP(OCCC#N)N(C(C)C)C(C)C)[C@@H]2OC(C)=O)(c2ccccc2)c2ccc(OC)cc2)cc1. The molecule has 0 radical (unpaired) electrons. The molecule has 0 aliphatic carbocycles. The standard InChI is InChI=1S/C46H56N7O10P/c1-28(2)42(55)50-45-49-41-38(43(56)51-45)48-27-52(41)44-40(63-64(60-25-13-24-47)53(29(3)4)30(5)6)39(61-31(7)54)37(26-59-44)62-46(32-14-11-10-12-15-32,33-16-20-35(57-8)21-17-33)34-18-22-36(58-9)23-19-34/h10-12,14-23,27-30,37,39-40,44H,13,25-26H2,1-9H3,(H2,49,50,51,55,56)/t37-,39+,40+,44+,64?/m0/s1. The fourth-order valence-corrected chi connectivity index (χ4v) is 9.37. The van der Waals surface area contributed by atoms with Gasteiger partial charge in [0.2, 0.25) is 11.9 Å². The molecule has 1 unspecified atom stereocenters. The van der Waals surface area contributed by atoms with Gasteiger partial charge in [-0.25, -0.2) is 9.65 Å². The minimum Gasteiger partial charge on any atom is -0.497 e. The summed E-state index contributed by atoms with van der Waals surface area (Å²) in [4.78, 5) is 51.2. The molecule has 3 aromatic carbocycles. The number of imidazole rings is 1. The van der Waals surface area contributed by atoms with Crippen molar-refractivity contribution in [3.63, 3.8) is 0 Å². The largest absolute Gasteiger partial charge is 0.497 e. The van der Waals surface area contributed by atoms with E-state index in [4.69, 9.17) is 32.7 Å². The maximum atomic E-state index is 13.4. The highest BCUT2D eigenvalue weighted by atomic mass is 31.2. The third-order valence-corrected chi connectivity index (χ3v) is 12.7.